The molecule has 1 fully saturated rings. The van der Waals surface area contributed by atoms with Gasteiger partial charge in [-0.1, -0.05) is 11.6 Å². The van der Waals surface area contributed by atoms with Gasteiger partial charge >= 0.3 is 5.97 Å². The summed E-state index contributed by atoms with van der Waals surface area (Å²) >= 11 is 5.65. The summed E-state index contributed by atoms with van der Waals surface area (Å²) in [7, 11) is -3.44. The number of hydrogen-bond donors (Lipinski definition) is 1. The van der Waals surface area contributed by atoms with Crippen molar-refractivity contribution in [3.63, 3.8) is 0 Å². The maximum Gasteiger partial charge on any atom is 0.302 e. The molecule has 12 heteroatoms. The van der Waals surface area contributed by atoms with Crippen molar-refractivity contribution < 1.29 is 31.8 Å². The van der Waals surface area contributed by atoms with E-state index in [0.29, 0.717) is 50.2 Å². The molecule has 2 aromatic rings. The predicted octanol–water partition coefficient (Wildman–Crippen LogP) is 3.18. The second kappa shape index (κ2) is 9.35. The molecule has 8 nitrogen and oxygen atoms in total. The number of rotatable bonds is 6. The molecule has 0 bridgehead atoms. The van der Waals surface area contributed by atoms with Gasteiger partial charge in [-0.3, -0.25) is 4.79 Å². The molecule has 1 aromatic carbocycles. The number of carbonyl (C=O) groups is 1. The Kier molecular flexibility index (Phi) is 6.80. The lowest BCUT2D eigenvalue weighted by atomic mass is 9.87. The Bertz CT molecular complexity index is 1230. The van der Waals surface area contributed by atoms with Gasteiger partial charge in [0.1, 0.15) is 17.5 Å². The fourth-order valence-electron chi connectivity index (χ4n) is 4.34. The summed E-state index contributed by atoms with van der Waals surface area (Å²) < 4.78 is 58.2. The highest BCUT2D eigenvalue weighted by molar-refractivity contribution is 7.90. The van der Waals surface area contributed by atoms with Crippen molar-refractivity contribution in [1.29, 1.82) is 0 Å². The summed E-state index contributed by atoms with van der Waals surface area (Å²) in [6, 6.07) is 1.72. The number of aliphatic hydroxyl groups is 1. The van der Waals surface area contributed by atoms with Crippen molar-refractivity contribution in [3.05, 3.63) is 40.0 Å². The maximum atomic E-state index is 14.6. The van der Waals surface area contributed by atoms with E-state index in [4.69, 9.17) is 16.3 Å². The van der Waals surface area contributed by atoms with E-state index in [9.17, 15) is 27.1 Å². The lowest BCUT2D eigenvalue weighted by molar-refractivity contribution is -0.141. The fourth-order valence-corrected chi connectivity index (χ4v) is 5.98. The van der Waals surface area contributed by atoms with Crippen molar-refractivity contribution in [1.82, 2.24) is 9.97 Å². The van der Waals surface area contributed by atoms with E-state index in [1.165, 1.54) is 6.92 Å². The zero-order valence-corrected chi connectivity index (χ0v) is 20.1. The first-order valence-electron chi connectivity index (χ1n) is 10.8. The molecule has 1 aromatic heterocycles. The number of carbonyl (C=O) groups excluding carboxylic acids is 1. The monoisotopic (exact) mass is 515 g/mol. The van der Waals surface area contributed by atoms with Crippen LogP contribution in [-0.2, 0) is 30.9 Å². The molecule has 0 atom stereocenters. The minimum Gasteiger partial charge on any atom is -0.466 e. The van der Waals surface area contributed by atoms with Gasteiger partial charge in [-0.05, 0) is 37.8 Å². The molecule has 2 aliphatic rings. The molecule has 0 amide bonds. The second-order valence-electron chi connectivity index (χ2n) is 8.73. The number of piperidine rings is 1. The lowest BCUT2D eigenvalue weighted by Crippen LogP contribution is -2.45. The molecule has 2 aliphatic heterocycles. The zero-order valence-electron chi connectivity index (χ0n) is 18.5. The number of halogens is 3. The van der Waals surface area contributed by atoms with Crippen LogP contribution in [0.1, 0.15) is 43.9 Å². The quantitative estimate of drug-likeness (QED) is 0.355. The predicted molar refractivity (Wildman–Crippen MR) is 121 cm³/mol. The van der Waals surface area contributed by atoms with Crippen LogP contribution in [0.15, 0.2) is 12.1 Å². The molecule has 1 saturated heterocycles. The number of fused-ring (bicyclic) bond motifs is 1. The van der Waals surface area contributed by atoms with E-state index in [1.807, 2.05) is 4.90 Å². The van der Waals surface area contributed by atoms with Crippen LogP contribution in [0, 0.1) is 11.6 Å². The third kappa shape index (κ3) is 5.31. The molecule has 34 heavy (non-hydrogen) atoms. The van der Waals surface area contributed by atoms with Crippen LogP contribution in [0.5, 0.6) is 0 Å². The Morgan fingerprint density at radius 2 is 1.91 bits per heavy atom. The average molecular weight is 516 g/mol. The van der Waals surface area contributed by atoms with Crippen molar-refractivity contribution in [2.75, 3.05) is 24.6 Å². The van der Waals surface area contributed by atoms with Crippen molar-refractivity contribution >= 4 is 33.2 Å². The molecule has 0 radical (unpaired) electrons. The zero-order chi connectivity index (χ0) is 24.7. The van der Waals surface area contributed by atoms with Gasteiger partial charge in [0, 0.05) is 25.6 Å². The van der Waals surface area contributed by atoms with Crippen LogP contribution in [0.25, 0.3) is 11.4 Å². The SMILES string of the molecule is CC(=O)OCCCC1(O)CCN(c2nc(-c3cc(F)c(Cl)cc3F)nc3c2CS(=O)(=O)C3)CC1. The van der Waals surface area contributed by atoms with E-state index >= 15 is 0 Å². The van der Waals surface area contributed by atoms with Gasteiger partial charge in [-0.25, -0.2) is 27.2 Å². The number of anilines is 1. The van der Waals surface area contributed by atoms with E-state index in [0.717, 1.165) is 12.1 Å². The molecule has 0 saturated carbocycles. The average Bonchev–Trinajstić information content (AvgIpc) is 3.07. The first-order chi connectivity index (χ1) is 16.0. The second-order valence-corrected chi connectivity index (χ2v) is 11.2. The summed E-state index contributed by atoms with van der Waals surface area (Å²) in [6.07, 6.45) is 1.74. The molecule has 0 unspecified atom stereocenters. The largest absolute Gasteiger partial charge is 0.466 e. The van der Waals surface area contributed by atoms with E-state index < -0.39 is 27.1 Å². The number of aromatic nitrogens is 2. The highest BCUT2D eigenvalue weighted by Crippen LogP contribution is 2.37. The summed E-state index contributed by atoms with van der Waals surface area (Å²) in [5, 5.41) is 10.5. The Morgan fingerprint density at radius 3 is 2.59 bits per heavy atom. The van der Waals surface area contributed by atoms with Crippen LogP contribution >= 0.6 is 11.6 Å². The molecular weight excluding hydrogens is 492 g/mol. The Morgan fingerprint density at radius 1 is 1.21 bits per heavy atom. The maximum absolute atomic E-state index is 14.6. The molecule has 3 heterocycles. The summed E-state index contributed by atoms with van der Waals surface area (Å²) in [5.74, 6) is -2.36. The molecule has 4 rings (SSSR count). The van der Waals surface area contributed by atoms with Crippen LogP contribution in [-0.4, -0.2) is 54.8 Å². The van der Waals surface area contributed by atoms with Gasteiger partial charge in [0.25, 0.3) is 0 Å². The first-order valence-corrected chi connectivity index (χ1v) is 13.0. The normalized spacial score (nSPS) is 18.6. The van der Waals surface area contributed by atoms with Crippen LogP contribution in [0.3, 0.4) is 0 Å². The van der Waals surface area contributed by atoms with Gasteiger partial charge < -0.3 is 14.7 Å². The minimum absolute atomic E-state index is 0.124. The van der Waals surface area contributed by atoms with Gasteiger partial charge in [0.2, 0.25) is 0 Å². The molecule has 0 spiro atoms. The first kappa shape index (κ1) is 24.7. The summed E-state index contributed by atoms with van der Waals surface area (Å²) in [6.45, 7) is 2.31. The molecule has 184 valence electrons. The van der Waals surface area contributed by atoms with Crippen molar-refractivity contribution in [2.24, 2.45) is 0 Å². The highest BCUT2D eigenvalue weighted by atomic mass is 35.5. The van der Waals surface area contributed by atoms with E-state index in [1.54, 1.807) is 0 Å². The van der Waals surface area contributed by atoms with E-state index in [2.05, 4.69) is 9.97 Å². The lowest BCUT2D eigenvalue weighted by Gasteiger charge is -2.39. The highest BCUT2D eigenvalue weighted by Gasteiger charge is 2.37. The van der Waals surface area contributed by atoms with Gasteiger partial charge in [0.15, 0.2) is 15.7 Å². The number of sulfone groups is 1. The number of esters is 1. The Balaban J connectivity index is 1.60. The molecular formula is C22H24ClF2N3O5S. The summed E-state index contributed by atoms with van der Waals surface area (Å²) in [5.41, 5.74) is -0.460. The van der Waals surface area contributed by atoms with Gasteiger partial charge in [-0.15, -0.1) is 0 Å². The number of hydrogen-bond acceptors (Lipinski definition) is 8. The fraction of sp³-hybridized carbons (Fsp3) is 0.500. The third-order valence-corrected chi connectivity index (χ3v) is 7.86. The molecule has 0 aliphatic carbocycles. The van der Waals surface area contributed by atoms with Gasteiger partial charge in [-0.2, -0.15) is 0 Å². The van der Waals surface area contributed by atoms with Crippen LogP contribution in [0.4, 0.5) is 14.6 Å². The third-order valence-electron chi connectivity index (χ3n) is 6.13. The van der Waals surface area contributed by atoms with Crippen LogP contribution < -0.4 is 4.90 Å². The summed E-state index contributed by atoms with van der Waals surface area (Å²) in [4.78, 5) is 21.4. The number of benzene rings is 1. The van der Waals surface area contributed by atoms with Crippen LogP contribution in [0.2, 0.25) is 5.02 Å². The standard InChI is InChI=1S/C22H24ClF2N3O5S/c1-13(29)33-8-2-3-22(30)4-6-28(7-5-22)21-15-11-34(31,32)12-19(15)26-20(27-21)14-9-18(25)16(23)10-17(14)24/h9-10,30H,2-8,11-12H2,1H3. The van der Waals surface area contributed by atoms with E-state index in [-0.39, 0.29) is 46.2 Å². The number of nitrogens with zero attached hydrogens (tertiary/aromatic N) is 3. The van der Waals surface area contributed by atoms with Gasteiger partial charge in [0.05, 0.1) is 40.0 Å². The Hall–Kier alpha value is -2.37. The molecule has 1 N–H and O–H groups in total. The number of ether oxygens (including phenoxy) is 1. The smallest absolute Gasteiger partial charge is 0.302 e. The minimum atomic E-state index is -3.44. The van der Waals surface area contributed by atoms with Crippen molar-refractivity contribution in [3.8, 4) is 11.4 Å². The topological polar surface area (TPSA) is 110 Å². The van der Waals surface area contributed by atoms with Crippen molar-refractivity contribution in [2.45, 2.75) is 49.7 Å². The Labute approximate surface area is 200 Å².